The third-order valence-corrected chi connectivity index (χ3v) is 3.54. The predicted octanol–water partition coefficient (Wildman–Crippen LogP) is 1.67. The van der Waals surface area contributed by atoms with Crippen LogP contribution < -0.4 is 10.6 Å². The summed E-state index contributed by atoms with van der Waals surface area (Å²) in [4.78, 5) is 11.4. The molecule has 1 fully saturated rings. The van der Waals surface area contributed by atoms with Crippen molar-refractivity contribution < 1.29 is 4.79 Å². The maximum Gasteiger partial charge on any atom is 0.220 e. The lowest BCUT2D eigenvalue weighted by molar-refractivity contribution is -0.121. The molecule has 0 bridgehead atoms. The Labute approximate surface area is 109 Å². The molecular weight excluding hydrogens is 244 g/mol. The highest BCUT2D eigenvalue weighted by atomic mass is 35.5. The van der Waals surface area contributed by atoms with Gasteiger partial charge in [-0.2, -0.15) is 11.8 Å². The molecule has 0 aromatic carbocycles. The molecule has 5 heteroatoms. The van der Waals surface area contributed by atoms with Gasteiger partial charge in [0.05, 0.1) is 0 Å². The zero-order valence-corrected chi connectivity index (χ0v) is 11.8. The van der Waals surface area contributed by atoms with Gasteiger partial charge in [-0.05, 0) is 31.1 Å². The summed E-state index contributed by atoms with van der Waals surface area (Å²) in [5, 5.41) is 6.42. The van der Waals surface area contributed by atoms with Gasteiger partial charge in [-0.25, -0.2) is 0 Å². The number of carbonyl (C=O) groups excluding carboxylic acids is 1. The highest BCUT2D eigenvalue weighted by Gasteiger charge is 2.26. The fourth-order valence-electron chi connectivity index (χ4n) is 1.86. The van der Waals surface area contributed by atoms with E-state index >= 15 is 0 Å². The van der Waals surface area contributed by atoms with Crippen LogP contribution in [0.5, 0.6) is 0 Å². The number of carbonyl (C=O) groups is 1. The Balaban J connectivity index is 0.00000225. The van der Waals surface area contributed by atoms with Crippen molar-refractivity contribution in [2.75, 3.05) is 31.6 Å². The summed E-state index contributed by atoms with van der Waals surface area (Å²) in [6.45, 7) is 5.20. The molecule has 0 aromatic heterocycles. The number of piperidine rings is 1. The van der Waals surface area contributed by atoms with Crippen molar-refractivity contribution in [1.29, 1.82) is 0 Å². The van der Waals surface area contributed by atoms with Crippen LogP contribution >= 0.6 is 24.2 Å². The lowest BCUT2D eigenvalue weighted by Crippen LogP contribution is -2.45. The van der Waals surface area contributed by atoms with Gasteiger partial charge in [0, 0.05) is 25.3 Å². The first-order chi connectivity index (χ1) is 7.16. The largest absolute Gasteiger partial charge is 0.355 e. The summed E-state index contributed by atoms with van der Waals surface area (Å²) in [7, 11) is 0. The van der Waals surface area contributed by atoms with E-state index in [4.69, 9.17) is 0 Å². The predicted molar refractivity (Wildman–Crippen MR) is 73.5 cm³/mol. The summed E-state index contributed by atoms with van der Waals surface area (Å²) in [5.41, 5.74) is 0.257. The van der Waals surface area contributed by atoms with E-state index < -0.39 is 0 Å². The van der Waals surface area contributed by atoms with Crippen molar-refractivity contribution in [1.82, 2.24) is 10.6 Å². The first-order valence-electron chi connectivity index (χ1n) is 5.63. The van der Waals surface area contributed by atoms with Gasteiger partial charge in [-0.3, -0.25) is 4.79 Å². The molecule has 1 unspecified atom stereocenters. The Morgan fingerprint density at radius 3 is 2.88 bits per heavy atom. The van der Waals surface area contributed by atoms with Gasteiger partial charge in [-0.15, -0.1) is 12.4 Å². The lowest BCUT2D eigenvalue weighted by atomic mass is 9.83. The molecule has 0 aliphatic carbocycles. The Morgan fingerprint density at radius 1 is 1.56 bits per heavy atom. The smallest absolute Gasteiger partial charge is 0.220 e. The quantitative estimate of drug-likeness (QED) is 0.795. The van der Waals surface area contributed by atoms with Crippen LogP contribution in [0.2, 0.25) is 0 Å². The van der Waals surface area contributed by atoms with Crippen LogP contribution in [0, 0.1) is 5.41 Å². The number of halogens is 1. The summed E-state index contributed by atoms with van der Waals surface area (Å²) in [5.74, 6) is 1.11. The van der Waals surface area contributed by atoms with Crippen molar-refractivity contribution in [3.8, 4) is 0 Å². The molecule has 1 aliphatic rings. The maximum atomic E-state index is 11.4. The van der Waals surface area contributed by atoms with Gasteiger partial charge in [0.15, 0.2) is 0 Å². The van der Waals surface area contributed by atoms with E-state index in [2.05, 4.69) is 17.6 Å². The van der Waals surface area contributed by atoms with Crippen molar-refractivity contribution >= 4 is 30.1 Å². The van der Waals surface area contributed by atoms with Gasteiger partial charge in [-0.1, -0.05) is 6.92 Å². The van der Waals surface area contributed by atoms with Crippen molar-refractivity contribution in [3.63, 3.8) is 0 Å². The number of hydrogen-bond acceptors (Lipinski definition) is 3. The fraction of sp³-hybridized carbons (Fsp3) is 0.909. The minimum atomic E-state index is 0. The summed E-state index contributed by atoms with van der Waals surface area (Å²) in [6.07, 6.45) is 5.10. The molecule has 0 aromatic rings. The Hall–Kier alpha value is 0.0700. The third-order valence-electron chi connectivity index (χ3n) is 2.93. The van der Waals surface area contributed by atoms with Crippen LogP contribution in [-0.4, -0.2) is 37.6 Å². The van der Waals surface area contributed by atoms with Crippen molar-refractivity contribution in [3.05, 3.63) is 0 Å². The summed E-state index contributed by atoms with van der Waals surface area (Å²) < 4.78 is 0. The molecule has 1 amide bonds. The lowest BCUT2D eigenvalue weighted by Gasteiger charge is -2.34. The van der Waals surface area contributed by atoms with Gasteiger partial charge >= 0.3 is 0 Å². The van der Waals surface area contributed by atoms with Gasteiger partial charge < -0.3 is 10.6 Å². The molecule has 1 aliphatic heterocycles. The molecule has 16 heavy (non-hydrogen) atoms. The SMILES string of the molecule is CSCCC(=O)NCC1(C)CCCNC1.Cl. The topological polar surface area (TPSA) is 41.1 Å². The Morgan fingerprint density at radius 2 is 2.31 bits per heavy atom. The number of nitrogens with one attached hydrogen (secondary N) is 2. The number of thioether (sulfide) groups is 1. The molecule has 1 rings (SSSR count). The number of rotatable bonds is 5. The van der Waals surface area contributed by atoms with E-state index in [0.29, 0.717) is 6.42 Å². The van der Waals surface area contributed by atoms with Crippen LogP contribution in [0.1, 0.15) is 26.2 Å². The zero-order valence-electron chi connectivity index (χ0n) is 10.2. The standard InChI is InChI=1S/C11H22N2OS.ClH/c1-11(5-3-6-12-8-11)9-13-10(14)4-7-15-2;/h12H,3-9H2,1-2H3,(H,13,14);1H. The fourth-order valence-corrected chi connectivity index (χ4v) is 2.25. The number of hydrogen-bond donors (Lipinski definition) is 2. The van der Waals surface area contributed by atoms with Crippen LogP contribution in [0.25, 0.3) is 0 Å². The molecular formula is C11H23ClN2OS. The molecule has 2 N–H and O–H groups in total. The van der Waals surface area contributed by atoms with Crippen LogP contribution in [0.4, 0.5) is 0 Å². The van der Waals surface area contributed by atoms with E-state index in [1.54, 1.807) is 11.8 Å². The second-order valence-corrected chi connectivity index (χ2v) is 5.60. The summed E-state index contributed by atoms with van der Waals surface area (Å²) in [6, 6.07) is 0. The molecule has 96 valence electrons. The Kier molecular flexibility index (Phi) is 8.24. The average Bonchev–Trinajstić information content (AvgIpc) is 2.25. The van der Waals surface area contributed by atoms with Gasteiger partial charge in [0.25, 0.3) is 0 Å². The minimum Gasteiger partial charge on any atom is -0.355 e. The minimum absolute atomic E-state index is 0. The monoisotopic (exact) mass is 266 g/mol. The average molecular weight is 267 g/mol. The van der Waals surface area contributed by atoms with Crippen molar-refractivity contribution in [2.24, 2.45) is 5.41 Å². The molecule has 1 heterocycles. The normalized spacial score (nSPS) is 24.6. The van der Waals surface area contributed by atoms with E-state index in [0.717, 1.165) is 25.4 Å². The molecule has 0 saturated carbocycles. The van der Waals surface area contributed by atoms with E-state index in [-0.39, 0.29) is 23.7 Å². The molecule has 0 spiro atoms. The Bertz CT molecular complexity index is 208. The van der Waals surface area contributed by atoms with E-state index in [1.807, 2.05) is 6.26 Å². The molecule has 1 saturated heterocycles. The van der Waals surface area contributed by atoms with Gasteiger partial charge in [0.2, 0.25) is 5.91 Å². The van der Waals surface area contributed by atoms with Crippen LogP contribution in [0.15, 0.2) is 0 Å². The zero-order chi connectivity index (χ0) is 11.1. The first kappa shape index (κ1) is 16.1. The summed E-state index contributed by atoms with van der Waals surface area (Å²) >= 11 is 1.72. The van der Waals surface area contributed by atoms with Crippen molar-refractivity contribution in [2.45, 2.75) is 26.2 Å². The highest BCUT2D eigenvalue weighted by Crippen LogP contribution is 2.24. The second-order valence-electron chi connectivity index (χ2n) is 4.61. The maximum absolute atomic E-state index is 11.4. The molecule has 1 atom stereocenters. The van der Waals surface area contributed by atoms with Crippen LogP contribution in [0.3, 0.4) is 0 Å². The molecule has 3 nitrogen and oxygen atoms in total. The van der Waals surface area contributed by atoms with Crippen LogP contribution in [-0.2, 0) is 4.79 Å². The molecule has 0 radical (unpaired) electrons. The van der Waals surface area contributed by atoms with Gasteiger partial charge in [0.1, 0.15) is 0 Å². The third kappa shape index (κ3) is 5.97. The highest BCUT2D eigenvalue weighted by molar-refractivity contribution is 7.98. The van der Waals surface area contributed by atoms with E-state index in [9.17, 15) is 4.79 Å². The van der Waals surface area contributed by atoms with E-state index in [1.165, 1.54) is 12.8 Å². The number of amides is 1. The second kappa shape index (κ2) is 8.20. The first-order valence-corrected chi connectivity index (χ1v) is 7.02.